The van der Waals surface area contributed by atoms with Gasteiger partial charge >= 0.3 is 5.97 Å². The van der Waals surface area contributed by atoms with E-state index in [-0.39, 0.29) is 11.5 Å². The minimum absolute atomic E-state index is 0.203. The molecule has 0 unspecified atom stereocenters. The van der Waals surface area contributed by atoms with Gasteiger partial charge in [0.1, 0.15) is 0 Å². The van der Waals surface area contributed by atoms with Crippen molar-refractivity contribution >= 4 is 23.3 Å². The van der Waals surface area contributed by atoms with Gasteiger partial charge in [0.25, 0.3) is 5.91 Å². The monoisotopic (exact) mass is 354 g/mol. The minimum atomic E-state index is -0.996. The summed E-state index contributed by atoms with van der Waals surface area (Å²) in [6.07, 6.45) is 1.87. The molecule has 2 aromatic carbocycles. The Bertz CT molecular complexity index is 781. The highest BCUT2D eigenvalue weighted by Gasteiger charge is 2.17. The van der Waals surface area contributed by atoms with Crippen LogP contribution in [-0.2, 0) is 0 Å². The molecule has 0 atom stereocenters. The molecular formula is C21H26N2O3. The van der Waals surface area contributed by atoms with Crippen LogP contribution in [0.1, 0.15) is 53.0 Å². The summed E-state index contributed by atoms with van der Waals surface area (Å²) in [7, 11) is 0. The molecule has 2 rings (SSSR count). The molecule has 0 aliphatic rings. The maximum Gasteiger partial charge on any atom is 0.337 e. The van der Waals surface area contributed by atoms with Crippen LogP contribution in [0.15, 0.2) is 42.5 Å². The van der Waals surface area contributed by atoms with E-state index >= 15 is 0 Å². The van der Waals surface area contributed by atoms with Crippen molar-refractivity contribution in [3.05, 3.63) is 59.2 Å². The van der Waals surface area contributed by atoms with Crippen LogP contribution < -0.4 is 10.2 Å². The molecule has 0 saturated carbocycles. The number of carbonyl (C=O) groups excluding carboxylic acids is 1. The first kappa shape index (κ1) is 19.5. The highest BCUT2D eigenvalue weighted by atomic mass is 16.4. The van der Waals surface area contributed by atoms with Crippen molar-refractivity contribution in [3.63, 3.8) is 0 Å². The van der Waals surface area contributed by atoms with Crippen molar-refractivity contribution in [2.24, 2.45) is 0 Å². The van der Waals surface area contributed by atoms with Crippen LogP contribution in [0.25, 0.3) is 0 Å². The molecule has 0 radical (unpaired) electrons. The van der Waals surface area contributed by atoms with Gasteiger partial charge in [0.2, 0.25) is 0 Å². The van der Waals surface area contributed by atoms with Crippen LogP contribution in [0.3, 0.4) is 0 Å². The fourth-order valence-corrected chi connectivity index (χ4v) is 2.98. The van der Waals surface area contributed by atoms with Crippen molar-refractivity contribution in [2.75, 3.05) is 23.3 Å². The molecule has 0 spiro atoms. The Hall–Kier alpha value is -2.82. The largest absolute Gasteiger partial charge is 0.478 e. The van der Waals surface area contributed by atoms with E-state index in [0.717, 1.165) is 31.5 Å². The molecule has 0 heterocycles. The lowest BCUT2D eigenvalue weighted by atomic mass is 10.1. The summed E-state index contributed by atoms with van der Waals surface area (Å²) in [6, 6.07) is 12.4. The minimum Gasteiger partial charge on any atom is -0.478 e. The van der Waals surface area contributed by atoms with Gasteiger partial charge in [-0.25, -0.2) is 4.79 Å². The van der Waals surface area contributed by atoms with E-state index in [1.165, 1.54) is 6.07 Å². The molecule has 2 aromatic rings. The number of rotatable bonds is 8. The quantitative estimate of drug-likeness (QED) is 0.728. The molecule has 0 fully saturated rings. The normalized spacial score (nSPS) is 10.4. The second-order valence-corrected chi connectivity index (χ2v) is 6.29. The van der Waals surface area contributed by atoms with E-state index in [4.69, 9.17) is 0 Å². The average Bonchev–Trinajstić information content (AvgIpc) is 2.61. The highest BCUT2D eigenvalue weighted by molar-refractivity contribution is 6.06. The second-order valence-electron chi connectivity index (χ2n) is 6.29. The Labute approximate surface area is 154 Å². The summed E-state index contributed by atoms with van der Waals surface area (Å²) >= 11 is 0. The number of aryl methyl sites for hydroxylation is 1. The van der Waals surface area contributed by atoms with Gasteiger partial charge in [-0.15, -0.1) is 0 Å². The van der Waals surface area contributed by atoms with Crippen molar-refractivity contribution in [2.45, 2.75) is 33.6 Å². The van der Waals surface area contributed by atoms with Crippen LogP contribution >= 0.6 is 0 Å². The van der Waals surface area contributed by atoms with Crippen LogP contribution in [0.5, 0.6) is 0 Å². The number of carbonyl (C=O) groups is 2. The molecule has 0 aromatic heterocycles. The Morgan fingerprint density at radius 1 is 1.00 bits per heavy atom. The molecule has 5 nitrogen and oxygen atoms in total. The molecule has 0 saturated heterocycles. The van der Waals surface area contributed by atoms with Crippen molar-refractivity contribution in [1.82, 2.24) is 0 Å². The van der Waals surface area contributed by atoms with Crippen molar-refractivity contribution < 1.29 is 14.7 Å². The molecular weight excluding hydrogens is 328 g/mol. The molecule has 0 bridgehead atoms. The number of hydrogen-bond acceptors (Lipinski definition) is 3. The number of nitrogens with one attached hydrogen (secondary N) is 1. The number of aromatic carboxylic acids is 1. The molecule has 0 aliphatic carbocycles. The first-order valence-corrected chi connectivity index (χ1v) is 8.97. The summed E-state index contributed by atoms with van der Waals surface area (Å²) in [4.78, 5) is 26.3. The predicted octanol–water partition coefficient (Wildman–Crippen LogP) is 4.57. The van der Waals surface area contributed by atoms with E-state index < -0.39 is 5.97 Å². The fraction of sp³-hybridized carbons (Fsp3) is 0.333. The molecule has 1 amide bonds. The zero-order chi connectivity index (χ0) is 19.1. The molecule has 2 N–H and O–H groups in total. The van der Waals surface area contributed by atoms with E-state index in [9.17, 15) is 14.7 Å². The number of hydrogen-bond donors (Lipinski definition) is 2. The van der Waals surface area contributed by atoms with Gasteiger partial charge in [-0.2, -0.15) is 0 Å². The van der Waals surface area contributed by atoms with E-state index in [1.807, 2.05) is 19.1 Å². The number of nitrogens with zero attached hydrogens (tertiary/aromatic N) is 1. The third-order valence-electron chi connectivity index (χ3n) is 4.20. The van der Waals surface area contributed by atoms with E-state index in [2.05, 4.69) is 24.1 Å². The fourth-order valence-electron chi connectivity index (χ4n) is 2.98. The first-order chi connectivity index (χ1) is 12.5. The van der Waals surface area contributed by atoms with Crippen LogP contribution in [-0.4, -0.2) is 30.1 Å². The summed E-state index contributed by atoms with van der Waals surface area (Å²) in [6.45, 7) is 7.60. The van der Waals surface area contributed by atoms with E-state index in [0.29, 0.717) is 16.9 Å². The van der Waals surface area contributed by atoms with Gasteiger partial charge < -0.3 is 15.3 Å². The first-order valence-electron chi connectivity index (χ1n) is 8.97. The third kappa shape index (κ3) is 4.63. The van der Waals surface area contributed by atoms with Crippen LogP contribution in [0.4, 0.5) is 11.4 Å². The lowest BCUT2D eigenvalue weighted by Gasteiger charge is -2.25. The summed E-state index contributed by atoms with van der Waals surface area (Å²) in [5.74, 6) is -1.24. The number of amides is 1. The van der Waals surface area contributed by atoms with Gasteiger partial charge in [-0.1, -0.05) is 32.0 Å². The molecule has 138 valence electrons. The average molecular weight is 354 g/mol. The Morgan fingerprint density at radius 2 is 1.65 bits per heavy atom. The van der Waals surface area contributed by atoms with Gasteiger partial charge in [-0.05, 0) is 49.6 Å². The Morgan fingerprint density at radius 3 is 2.23 bits per heavy atom. The Kier molecular flexibility index (Phi) is 6.78. The lowest BCUT2D eigenvalue weighted by molar-refractivity contribution is 0.0697. The number of anilines is 2. The number of benzene rings is 2. The zero-order valence-corrected chi connectivity index (χ0v) is 15.6. The second kappa shape index (κ2) is 9.04. The van der Waals surface area contributed by atoms with Gasteiger partial charge in [0, 0.05) is 24.3 Å². The zero-order valence-electron chi connectivity index (χ0n) is 15.6. The van der Waals surface area contributed by atoms with Gasteiger partial charge in [-0.3, -0.25) is 4.79 Å². The van der Waals surface area contributed by atoms with Gasteiger partial charge in [0.15, 0.2) is 0 Å². The summed E-state index contributed by atoms with van der Waals surface area (Å²) in [5, 5.41) is 12.4. The number of carboxylic acid groups (broad SMARTS) is 1. The standard InChI is InChI=1S/C21H26N2O3/c1-4-12-23(13-5-2)19-11-10-16(14-18(19)21(25)26)22-20(24)17-9-7-6-8-15(17)3/h6-11,14H,4-5,12-13H2,1-3H3,(H,22,24)(H,25,26). The smallest absolute Gasteiger partial charge is 0.337 e. The summed E-state index contributed by atoms with van der Waals surface area (Å²) < 4.78 is 0. The topological polar surface area (TPSA) is 69.6 Å². The lowest BCUT2D eigenvalue weighted by Crippen LogP contribution is -2.27. The molecule has 26 heavy (non-hydrogen) atoms. The van der Waals surface area contributed by atoms with Crippen LogP contribution in [0.2, 0.25) is 0 Å². The van der Waals surface area contributed by atoms with Crippen molar-refractivity contribution in [3.8, 4) is 0 Å². The third-order valence-corrected chi connectivity index (χ3v) is 4.20. The summed E-state index contributed by atoms with van der Waals surface area (Å²) in [5.41, 5.74) is 2.82. The molecule has 5 heteroatoms. The van der Waals surface area contributed by atoms with Crippen LogP contribution in [0, 0.1) is 6.92 Å². The maximum atomic E-state index is 12.5. The molecule has 0 aliphatic heterocycles. The maximum absolute atomic E-state index is 12.5. The van der Waals surface area contributed by atoms with E-state index in [1.54, 1.807) is 24.3 Å². The Balaban J connectivity index is 2.31. The highest BCUT2D eigenvalue weighted by Crippen LogP contribution is 2.26. The van der Waals surface area contributed by atoms with Crippen molar-refractivity contribution in [1.29, 1.82) is 0 Å². The number of carboxylic acids is 1. The predicted molar refractivity (Wildman–Crippen MR) is 105 cm³/mol. The van der Waals surface area contributed by atoms with Gasteiger partial charge in [0.05, 0.1) is 11.3 Å². The SMILES string of the molecule is CCCN(CCC)c1ccc(NC(=O)c2ccccc2C)cc1C(=O)O.